The molecule has 23 heavy (non-hydrogen) atoms. The van der Waals surface area contributed by atoms with Gasteiger partial charge < -0.3 is 14.7 Å². The highest BCUT2D eigenvalue weighted by atomic mass is 16.2. The number of aromatic nitrogens is 2. The minimum absolute atomic E-state index is 0.278. The SMILES string of the molecule is N#Cc1nccnc1N1CCN(C(=O)C(=O)N2CCCC2)CC1. The second-order valence-electron chi connectivity index (χ2n) is 5.62. The highest BCUT2D eigenvalue weighted by Crippen LogP contribution is 2.17. The first kappa shape index (κ1) is 15.2. The summed E-state index contributed by atoms with van der Waals surface area (Å²) in [6.07, 6.45) is 4.97. The van der Waals surface area contributed by atoms with Crippen molar-refractivity contribution >= 4 is 17.6 Å². The van der Waals surface area contributed by atoms with Gasteiger partial charge in [0.05, 0.1) is 0 Å². The summed E-state index contributed by atoms with van der Waals surface area (Å²) in [5.74, 6) is -0.285. The van der Waals surface area contributed by atoms with Crippen LogP contribution < -0.4 is 4.90 Å². The molecule has 0 aromatic carbocycles. The Morgan fingerprint density at radius 3 is 2.09 bits per heavy atom. The number of piperazine rings is 1. The minimum atomic E-state index is -0.425. The van der Waals surface area contributed by atoms with Crippen LogP contribution in [0.2, 0.25) is 0 Å². The Kier molecular flexibility index (Phi) is 4.37. The summed E-state index contributed by atoms with van der Waals surface area (Å²) in [5, 5.41) is 9.09. The Bertz CT molecular complexity index is 642. The third kappa shape index (κ3) is 3.08. The summed E-state index contributed by atoms with van der Waals surface area (Å²) in [7, 11) is 0. The van der Waals surface area contributed by atoms with Gasteiger partial charge in [0.25, 0.3) is 0 Å². The molecule has 0 saturated carbocycles. The zero-order chi connectivity index (χ0) is 16.2. The Hall–Kier alpha value is -2.69. The number of carbonyl (C=O) groups is 2. The zero-order valence-electron chi connectivity index (χ0n) is 12.8. The van der Waals surface area contributed by atoms with Crippen LogP contribution in [0.5, 0.6) is 0 Å². The summed E-state index contributed by atoms with van der Waals surface area (Å²) >= 11 is 0. The number of nitriles is 1. The number of amides is 2. The molecule has 0 unspecified atom stereocenters. The maximum atomic E-state index is 12.3. The average Bonchev–Trinajstić information content (AvgIpc) is 3.15. The lowest BCUT2D eigenvalue weighted by Crippen LogP contribution is -2.53. The molecule has 1 aromatic heterocycles. The van der Waals surface area contributed by atoms with Gasteiger partial charge in [-0.3, -0.25) is 9.59 Å². The van der Waals surface area contributed by atoms with E-state index in [9.17, 15) is 9.59 Å². The van der Waals surface area contributed by atoms with Crippen LogP contribution in [-0.4, -0.2) is 70.9 Å². The molecule has 120 valence electrons. The lowest BCUT2D eigenvalue weighted by atomic mass is 10.2. The van der Waals surface area contributed by atoms with Crippen LogP contribution in [0.25, 0.3) is 0 Å². The van der Waals surface area contributed by atoms with Crippen molar-refractivity contribution in [3.05, 3.63) is 18.1 Å². The molecule has 2 fully saturated rings. The predicted octanol–water partition coefficient (Wildman–Crippen LogP) is -0.381. The van der Waals surface area contributed by atoms with Crippen molar-refractivity contribution in [3.8, 4) is 6.07 Å². The van der Waals surface area contributed by atoms with Crippen molar-refractivity contribution in [1.29, 1.82) is 5.26 Å². The third-order valence-corrected chi connectivity index (χ3v) is 4.23. The van der Waals surface area contributed by atoms with Crippen molar-refractivity contribution in [2.75, 3.05) is 44.2 Å². The van der Waals surface area contributed by atoms with Crippen molar-refractivity contribution < 1.29 is 9.59 Å². The van der Waals surface area contributed by atoms with Crippen LogP contribution in [0.3, 0.4) is 0 Å². The highest BCUT2D eigenvalue weighted by Gasteiger charge is 2.31. The quantitative estimate of drug-likeness (QED) is 0.656. The highest BCUT2D eigenvalue weighted by molar-refractivity contribution is 6.35. The molecule has 0 atom stereocenters. The topological polar surface area (TPSA) is 93.4 Å². The number of carbonyl (C=O) groups excluding carboxylic acids is 2. The summed E-state index contributed by atoms with van der Waals surface area (Å²) in [6.45, 7) is 3.31. The second kappa shape index (κ2) is 6.60. The fourth-order valence-corrected chi connectivity index (χ4v) is 2.95. The van der Waals surface area contributed by atoms with Crippen LogP contribution in [0.15, 0.2) is 12.4 Å². The summed E-state index contributed by atoms with van der Waals surface area (Å²) in [4.78, 5) is 37.8. The van der Waals surface area contributed by atoms with Gasteiger partial charge in [-0.1, -0.05) is 0 Å². The molecule has 3 heterocycles. The molecule has 2 aliphatic heterocycles. The number of anilines is 1. The van der Waals surface area contributed by atoms with Crippen LogP contribution >= 0.6 is 0 Å². The summed E-state index contributed by atoms with van der Waals surface area (Å²) in [5.41, 5.74) is 0.278. The van der Waals surface area contributed by atoms with Crippen LogP contribution in [0, 0.1) is 11.3 Å². The minimum Gasteiger partial charge on any atom is -0.351 e. The normalized spacial score (nSPS) is 18.0. The van der Waals surface area contributed by atoms with Gasteiger partial charge in [-0.2, -0.15) is 5.26 Å². The maximum absolute atomic E-state index is 12.3. The number of likely N-dealkylation sites (tertiary alicyclic amines) is 1. The van der Waals surface area contributed by atoms with Crippen LogP contribution in [0.4, 0.5) is 5.82 Å². The molecule has 0 aliphatic carbocycles. The second-order valence-corrected chi connectivity index (χ2v) is 5.62. The smallest absolute Gasteiger partial charge is 0.312 e. The number of hydrogen-bond acceptors (Lipinski definition) is 6. The molecule has 2 aliphatic rings. The van der Waals surface area contributed by atoms with Crippen molar-refractivity contribution in [2.45, 2.75) is 12.8 Å². The number of nitrogens with zero attached hydrogens (tertiary/aromatic N) is 6. The first-order valence-electron chi connectivity index (χ1n) is 7.75. The molecule has 8 heteroatoms. The molecule has 0 N–H and O–H groups in total. The number of hydrogen-bond donors (Lipinski definition) is 0. The molecular weight excluding hydrogens is 296 g/mol. The molecule has 0 radical (unpaired) electrons. The van der Waals surface area contributed by atoms with Crippen LogP contribution in [-0.2, 0) is 9.59 Å². The molecule has 2 amide bonds. The van der Waals surface area contributed by atoms with E-state index in [1.165, 1.54) is 6.20 Å². The summed E-state index contributed by atoms with van der Waals surface area (Å²) < 4.78 is 0. The van der Waals surface area contributed by atoms with Gasteiger partial charge in [-0.05, 0) is 12.8 Å². The van der Waals surface area contributed by atoms with Crippen molar-refractivity contribution in [1.82, 2.24) is 19.8 Å². The zero-order valence-corrected chi connectivity index (χ0v) is 12.8. The maximum Gasteiger partial charge on any atom is 0.312 e. The molecule has 1 aromatic rings. The molecular formula is C15H18N6O2. The lowest BCUT2D eigenvalue weighted by Gasteiger charge is -2.35. The fourth-order valence-electron chi connectivity index (χ4n) is 2.95. The van der Waals surface area contributed by atoms with Gasteiger partial charge in [0.1, 0.15) is 6.07 Å². The van der Waals surface area contributed by atoms with E-state index in [0.29, 0.717) is 45.1 Å². The number of rotatable bonds is 1. The largest absolute Gasteiger partial charge is 0.351 e. The van der Waals surface area contributed by atoms with E-state index in [1.54, 1.807) is 16.0 Å². The lowest BCUT2D eigenvalue weighted by molar-refractivity contribution is -0.151. The van der Waals surface area contributed by atoms with Gasteiger partial charge in [0.2, 0.25) is 0 Å². The molecule has 0 spiro atoms. The Morgan fingerprint density at radius 1 is 0.913 bits per heavy atom. The van der Waals surface area contributed by atoms with E-state index in [4.69, 9.17) is 5.26 Å². The molecule has 0 bridgehead atoms. The monoisotopic (exact) mass is 314 g/mol. The van der Waals surface area contributed by atoms with E-state index in [2.05, 4.69) is 9.97 Å². The van der Waals surface area contributed by atoms with Gasteiger partial charge in [-0.15, -0.1) is 0 Å². The molecule has 8 nitrogen and oxygen atoms in total. The predicted molar refractivity (Wildman–Crippen MR) is 81.4 cm³/mol. The van der Waals surface area contributed by atoms with E-state index in [0.717, 1.165) is 12.8 Å². The standard InChI is InChI=1S/C15H18N6O2/c16-11-12-13(18-4-3-17-12)19-7-9-21(10-8-19)15(23)14(22)20-5-1-2-6-20/h3-4H,1-2,5-10H2. The van der Waals surface area contributed by atoms with Gasteiger partial charge in [-0.25, -0.2) is 9.97 Å². The molecule has 2 saturated heterocycles. The first-order valence-corrected chi connectivity index (χ1v) is 7.75. The third-order valence-electron chi connectivity index (χ3n) is 4.23. The Labute approximate surface area is 134 Å². The van der Waals surface area contributed by atoms with E-state index in [-0.39, 0.29) is 5.69 Å². The van der Waals surface area contributed by atoms with E-state index >= 15 is 0 Å². The van der Waals surface area contributed by atoms with E-state index in [1.807, 2.05) is 11.0 Å². The Morgan fingerprint density at radius 2 is 1.48 bits per heavy atom. The van der Waals surface area contributed by atoms with Crippen molar-refractivity contribution in [2.24, 2.45) is 0 Å². The van der Waals surface area contributed by atoms with Gasteiger partial charge in [0, 0.05) is 51.7 Å². The van der Waals surface area contributed by atoms with Gasteiger partial charge in [0.15, 0.2) is 11.5 Å². The average molecular weight is 314 g/mol. The Balaban J connectivity index is 1.61. The van der Waals surface area contributed by atoms with Crippen molar-refractivity contribution in [3.63, 3.8) is 0 Å². The first-order chi connectivity index (χ1) is 11.2. The fraction of sp³-hybridized carbons (Fsp3) is 0.533. The molecule has 3 rings (SSSR count). The van der Waals surface area contributed by atoms with E-state index < -0.39 is 11.8 Å². The van der Waals surface area contributed by atoms with Crippen LogP contribution in [0.1, 0.15) is 18.5 Å². The summed E-state index contributed by atoms with van der Waals surface area (Å²) in [6, 6.07) is 2.03. The van der Waals surface area contributed by atoms with Gasteiger partial charge >= 0.3 is 11.8 Å².